The summed E-state index contributed by atoms with van der Waals surface area (Å²) in [5, 5.41) is 0. The number of ether oxygens (including phenoxy) is 1. The fourth-order valence-corrected chi connectivity index (χ4v) is 3.76. The molecule has 4 rings (SSSR count). The molecule has 1 spiro atoms. The molecular formula is C12H13NO2. The molecule has 15 heavy (non-hydrogen) atoms. The van der Waals surface area contributed by atoms with E-state index < -0.39 is 0 Å². The quantitative estimate of drug-likeness (QED) is 0.604. The van der Waals surface area contributed by atoms with Crippen LogP contribution in [0.5, 0.6) is 0 Å². The van der Waals surface area contributed by atoms with E-state index in [1.807, 2.05) is 0 Å². The van der Waals surface area contributed by atoms with Crippen LogP contribution in [0, 0.1) is 5.92 Å². The summed E-state index contributed by atoms with van der Waals surface area (Å²) >= 11 is 0. The molecule has 3 atom stereocenters. The molecule has 3 unspecified atom stereocenters. The average Bonchev–Trinajstić information content (AvgIpc) is 2.82. The van der Waals surface area contributed by atoms with Crippen LogP contribution < -0.4 is 0 Å². The Hall–Kier alpha value is -1.25. The van der Waals surface area contributed by atoms with E-state index >= 15 is 0 Å². The Morgan fingerprint density at radius 2 is 2.40 bits per heavy atom. The number of hydrogen-bond acceptors (Lipinski definition) is 2. The first kappa shape index (κ1) is 7.97. The minimum absolute atomic E-state index is 0.00435. The standard InChI is InChI=1S/C12H13NO2/c14-11-6-8-3-4-9-7-12(8,15-11)10-2-1-5-13(9)10/h1-2,5,8-9H,3-4,6-7H2. The van der Waals surface area contributed by atoms with Crippen molar-refractivity contribution in [3.8, 4) is 0 Å². The number of rotatable bonds is 0. The van der Waals surface area contributed by atoms with E-state index in [0.29, 0.717) is 18.4 Å². The Balaban J connectivity index is 1.95. The number of hydrogen-bond donors (Lipinski definition) is 0. The van der Waals surface area contributed by atoms with Crippen LogP contribution in [0.3, 0.4) is 0 Å². The molecule has 0 radical (unpaired) electrons. The lowest BCUT2D eigenvalue weighted by atomic mass is 9.75. The van der Waals surface area contributed by atoms with Gasteiger partial charge < -0.3 is 9.30 Å². The number of carbonyl (C=O) groups is 1. The van der Waals surface area contributed by atoms with Gasteiger partial charge in [-0.3, -0.25) is 4.79 Å². The Morgan fingerprint density at radius 1 is 1.47 bits per heavy atom. The zero-order chi connectivity index (χ0) is 10.0. The molecule has 1 aromatic heterocycles. The summed E-state index contributed by atoms with van der Waals surface area (Å²) in [7, 11) is 0. The number of carbonyl (C=O) groups excluding carboxylic acids is 1. The van der Waals surface area contributed by atoms with E-state index in [9.17, 15) is 4.79 Å². The lowest BCUT2D eigenvalue weighted by Crippen LogP contribution is -2.32. The number of fused-ring (bicyclic) bond motifs is 3. The van der Waals surface area contributed by atoms with Gasteiger partial charge in [-0.2, -0.15) is 0 Å². The van der Waals surface area contributed by atoms with Gasteiger partial charge in [0.25, 0.3) is 0 Å². The molecule has 3 aliphatic rings. The van der Waals surface area contributed by atoms with Crippen LogP contribution in [0.25, 0.3) is 0 Å². The van der Waals surface area contributed by atoms with Gasteiger partial charge >= 0.3 is 5.97 Å². The SMILES string of the molecule is O=C1CC2CCC3CC2(O1)c1cccn13. The molecule has 78 valence electrons. The predicted octanol–water partition coefficient (Wildman–Crippen LogP) is 1.99. The Bertz CT molecular complexity index is 450. The minimum Gasteiger partial charge on any atom is -0.452 e. The summed E-state index contributed by atoms with van der Waals surface area (Å²) in [5.41, 5.74) is 0.990. The van der Waals surface area contributed by atoms with Crippen LogP contribution in [0.1, 0.15) is 37.4 Å². The maximum atomic E-state index is 11.5. The van der Waals surface area contributed by atoms with Gasteiger partial charge in [0.05, 0.1) is 12.1 Å². The average molecular weight is 203 g/mol. The van der Waals surface area contributed by atoms with Gasteiger partial charge in [-0.1, -0.05) is 0 Å². The van der Waals surface area contributed by atoms with Gasteiger partial charge in [-0.15, -0.1) is 0 Å². The van der Waals surface area contributed by atoms with Crippen molar-refractivity contribution in [2.45, 2.75) is 37.3 Å². The molecule has 1 saturated heterocycles. The van der Waals surface area contributed by atoms with Gasteiger partial charge in [-0.25, -0.2) is 0 Å². The minimum atomic E-state index is -0.247. The third kappa shape index (κ3) is 0.770. The summed E-state index contributed by atoms with van der Waals surface area (Å²) in [6, 6.07) is 4.76. The van der Waals surface area contributed by atoms with Crippen molar-refractivity contribution in [3.63, 3.8) is 0 Å². The first-order valence-electron chi connectivity index (χ1n) is 5.69. The molecule has 1 aliphatic carbocycles. The van der Waals surface area contributed by atoms with Crippen molar-refractivity contribution in [1.29, 1.82) is 0 Å². The second-order valence-electron chi connectivity index (χ2n) is 5.00. The summed E-state index contributed by atoms with van der Waals surface area (Å²) in [4.78, 5) is 11.5. The molecule has 1 saturated carbocycles. The van der Waals surface area contributed by atoms with E-state index in [0.717, 1.165) is 12.8 Å². The van der Waals surface area contributed by atoms with E-state index in [2.05, 4.69) is 22.9 Å². The largest absolute Gasteiger partial charge is 0.452 e. The summed E-state index contributed by atoms with van der Waals surface area (Å²) in [5.74, 6) is 0.424. The van der Waals surface area contributed by atoms with Crippen molar-refractivity contribution in [2.24, 2.45) is 5.92 Å². The molecule has 0 aromatic carbocycles. The highest BCUT2D eigenvalue weighted by molar-refractivity contribution is 5.73. The fourth-order valence-electron chi connectivity index (χ4n) is 3.76. The summed E-state index contributed by atoms with van der Waals surface area (Å²) in [6.07, 6.45) is 6.10. The van der Waals surface area contributed by atoms with Crippen LogP contribution in [0.15, 0.2) is 18.3 Å². The first-order valence-corrected chi connectivity index (χ1v) is 5.69. The van der Waals surface area contributed by atoms with Crippen LogP contribution in [-0.4, -0.2) is 10.5 Å². The van der Waals surface area contributed by atoms with E-state index in [1.54, 1.807) is 0 Å². The predicted molar refractivity (Wildman–Crippen MR) is 53.2 cm³/mol. The molecule has 1 aromatic rings. The molecular weight excluding hydrogens is 190 g/mol. The normalized spacial score (nSPS) is 41.2. The van der Waals surface area contributed by atoms with Crippen LogP contribution in [0.4, 0.5) is 0 Å². The van der Waals surface area contributed by atoms with Crippen molar-refractivity contribution in [2.75, 3.05) is 0 Å². The smallest absolute Gasteiger partial charge is 0.307 e. The van der Waals surface area contributed by atoms with Crippen LogP contribution in [-0.2, 0) is 15.1 Å². The Kier molecular flexibility index (Phi) is 1.21. The molecule has 0 amide bonds. The number of esters is 1. The van der Waals surface area contributed by atoms with E-state index in [1.165, 1.54) is 12.1 Å². The van der Waals surface area contributed by atoms with Gasteiger partial charge in [0.1, 0.15) is 0 Å². The Morgan fingerprint density at radius 3 is 3.33 bits per heavy atom. The fraction of sp³-hybridized carbons (Fsp3) is 0.583. The zero-order valence-electron chi connectivity index (χ0n) is 8.48. The van der Waals surface area contributed by atoms with Crippen LogP contribution >= 0.6 is 0 Å². The van der Waals surface area contributed by atoms with Crippen molar-refractivity contribution >= 4 is 5.97 Å². The molecule has 2 fully saturated rings. The molecule has 3 heteroatoms. The number of aromatic nitrogens is 1. The highest BCUT2D eigenvalue weighted by Crippen LogP contribution is 2.58. The first-order chi connectivity index (χ1) is 7.29. The van der Waals surface area contributed by atoms with Gasteiger partial charge in [-0.05, 0) is 25.0 Å². The van der Waals surface area contributed by atoms with E-state index in [-0.39, 0.29) is 11.6 Å². The zero-order valence-corrected chi connectivity index (χ0v) is 8.48. The Labute approximate surface area is 88.0 Å². The highest BCUT2D eigenvalue weighted by atomic mass is 16.6. The second kappa shape index (κ2) is 2.29. The summed E-state index contributed by atoms with van der Waals surface area (Å²) < 4.78 is 7.99. The van der Waals surface area contributed by atoms with Crippen molar-refractivity contribution < 1.29 is 9.53 Å². The molecule has 2 aliphatic heterocycles. The van der Waals surface area contributed by atoms with Gasteiger partial charge in [0.15, 0.2) is 5.60 Å². The van der Waals surface area contributed by atoms with Crippen molar-refractivity contribution in [1.82, 2.24) is 4.57 Å². The maximum Gasteiger partial charge on any atom is 0.307 e. The lowest BCUT2D eigenvalue weighted by molar-refractivity contribution is -0.151. The number of nitrogens with zero attached hydrogens (tertiary/aromatic N) is 1. The lowest BCUT2D eigenvalue weighted by Gasteiger charge is -2.32. The third-order valence-electron chi connectivity index (χ3n) is 4.36. The topological polar surface area (TPSA) is 31.2 Å². The molecule has 0 N–H and O–H groups in total. The van der Waals surface area contributed by atoms with Crippen LogP contribution in [0.2, 0.25) is 0 Å². The maximum absolute atomic E-state index is 11.5. The van der Waals surface area contributed by atoms with Gasteiger partial charge in [0, 0.05) is 24.6 Å². The second-order valence-corrected chi connectivity index (χ2v) is 5.00. The third-order valence-corrected chi connectivity index (χ3v) is 4.36. The van der Waals surface area contributed by atoms with E-state index in [4.69, 9.17) is 4.74 Å². The monoisotopic (exact) mass is 203 g/mol. The summed E-state index contributed by atoms with van der Waals surface area (Å²) in [6.45, 7) is 0. The highest BCUT2D eigenvalue weighted by Gasteiger charge is 2.59. The van der Waals surface area contributed by atoms with Gasteiger partial charge in [0.2, 0.25) is 0 Å². The van der Waals surface area contributed by atoms with Crippen molar-refractivity contribution in [3.05, 3.63) is 24.0 Å². The molecule has 2 bridgehead atoms. The molecule has 3 heterocycles. The molecule has 3 nitrogen and oxygen atoms in total.